The maximum Gasteiger partial charge on any atom is 0.173 e. The highest BCUT2D eigenvalue weighted by atomic mass is 35.5. The average Bonchev–Trinajstić information content (AvgIpc) is 2.57. The van der Waals surface area contributed by atoms with Gasteiger partial charge in [-0.2, -0.15) is 0 Å². The maximum absolute atomic E-state index is 6.09. The van der Waals surface area contributed by atoms with Gasteiger partial charge in [0.1, 0.15) is 0 Å². The minimum Gasteiger partial charge on any atom is -0.368 e. The van der Waals surface area contributed by atoms with Crippen LogP contribution in [0.25, 0.3) is 0 Å². The summed E-state index contributed by atoms with van der Waals surface area (Å²) in [5.41, 5.74) is 4.74. The number of hydrogen-bond donors (Lipinski definition) is 1. The van der Waals surface area contributed by atoms with Crippen LogP contribution in [0.15, 0.2) is 42.5 Å². The zero-order chi connectivity index (χ0) is 17.1. The highest BCUT2D eigenvalue weighted by Gasteiger charge is 2.19. The van der Waals surface area contributed by atoms with Gasteiger partial charge < -0.3 is 15.1 Å². The molecule has 1 aliphatic rings. The molecule has 0 atom stereocenters. The molecule has 1 fully saturated rings. The predicted molar refractivity (Wildman–Crippen MR) is 107 cm³/mol. The Morgan fingerprint density at radius 1 is 1.04 bits per heavy atom. The lowest BCUT2D eigenvalue weighted by atomic mass is 10.1. The predicted octanol–water partition coefficient (Wildman–Crippen LogP) is 4.48. The molecule has 3 rings (SSSR count). The third-order valence-electron chi connectivity index (χ3n) is 4.36. The zero-order valence-electron chi connectivity index (χ0n) is 14.1. The second-order valence-electron chi connectivity index (χ2n) is 6.20. The van der Waals surface area contributed by atoms with Crippen molar-refractivity contribution < 1.29 is 0 Å². The van der Waals surface area contributed by atoms with Crippen LogP contribution in [0.5, 0.6) is 0 Å². The summed E-state index contributed by atoms with van der Waals surface area (Å²) < 4.78 is 0. The number of nitrogens with one attached hydrogen (secondary N) is 1. The van der Waals surface area contributed by atoms with E-state index in [0.29, 0.717) is 0 Å². The van der Waals surface area contributed by atoms with Gasteiger partial charge in [-0.15, -0.1) is 0 Å². The molecule has 0 saturated carbocycles. The van der Waals surface area contributed by atoms with Crippen LogP contribution in [-0.2, 0) is 0 Å². The van der Waals surface area contributed by atoms with E-state index in [1.165, 1.54) is 16.8 Å². The van der Waals surface area contributed by atoms with Crippen molar-refractivity contribution in [3.63, 3.8) is 0 Å². The number of aryl methyl sites for hydroxylation is 2. The Bertz CT molecular complexity index is 739. The molecule has 0 aliphatic carbocycles. The molecule has 126 valence electrons. The normalized spacial score (nSPS) is 14.6. The summed E-state index contributed by atoms with van der Waals surface area (Å²) in [5, 5.41) is 4.97. The molecule has 0 spiro atoms. The van der Waals surface area contributed by atoms with Crippen molar-refractivity contribution in [1.82, 2.24) is 4.90 Å². The van der Waals surface area contributed by atoms with Gasteiger partial charge in [0.15, 0.2) is 5.11 Å². The van der Waals surface area contributed by atoms with Crippen molar-refractivity contribution in [2.75, 3.05) is 36.4 Å². The molecule has 3 nitrogen and oxygen atoms in total. The Hall–Kier alpha value is -1.78. The fraction of sp³-hybridized carbons (Fsp3) is 0.316. The van der Waals surface area contributed by atoms with Gasteiger partial charge in [-0.1, -0.05) is 35.4 Å². The summed E-state index contributed by atoms with van der Waals surface area (Å²) in [7, 11) is 0. The van der Waals surface area contributed by atoms with E-state index in [4.69, 9.17) is 23.8 Å². The Morgan fingerprint density at radius 3 is 2.46 bits per heavy atom. The lowest BCUT2D eigenvalue weighted by Gasteiger charge is -2.37. The number of thiocarbonyl (C=S) groups is 1. The highest BCUT2D eigenvalue weighted by molar-refractivity contribution is 7.80. The topological polar surface area (TPSA) is 18.5 Å². The quantitative estimate of drug-likeness (QED) is 0.797. The van der Waals surface area contributed by atoms with Crippen molar-refractivity contribution in [3.05, 3.63) is 58.6 Å². The smallest absolute Gasteiger partial charge is 0.173 e. The lowest BCUT2D eigenvalue weighted by Crippen LogP contribution is -2.50. The number of halogens is 1. The number of rotatable bonds is 2. The molecular weight excluding hydrogens is 338 g/mol. The van der Waals surface area contributed by atoms with Crippen molar-refractivity contribution in [2.45, 2.75) is 13.8 Å². The number of hydrogen-bond acceptors (Lipinski definition) is 2. The van der Waals surface area contributed by atoms with Crippen LogP contribution in [0, 0.1) is 13.8 Å². The monoisotopic (exact) mass is 359 g/mol. The molecule has 24 heavy (non-hydrogen) atoms. The third-order valence-corrected chi connectivity index (χ3v) is 4.96. The maximum atomic E-state index is 6.09. The number of anilines is 2. The first-order valence-corrected chi connectivity index (χ1v) is 8.95. The van der Waals surface area contributed by atoms with Gasteiger partial charge in [-0.05, 0) is 55.9 Å². The summed E-state index contributed by atoms with van der Waals surface area (Å²) in [5.74, 6) is 0. The van der Waals surface area contributed by atoms with Gasteiger partial charge in [0.05, 0.1) is 0 Å². The van der Waals surface area contributed by atoms with Crippen molar-refractivity contribution >= 4 is 40.3 Å². The van der Waals surface area contributed by atoms with E-state index in [2.05, 4.69) is 53.2 Å². The molecule has 0 aromatic heterocycles. The third kappa shape index (κ3) is 4.00. The summed E-state index contributed by atoms with van der Waals surface area (Å²) >= 11 is 11.7. The van der Waals surface area contributed by atoms with Crippen LogP contribution in [0.4, 0.5) is 11.4 Å². The number of nitrogens with zero attached hydrogens (tertiary/aromatic N) is 2. The lowest BCUT2D eigenvalue weighted by molar-refractivity contribution is 0.391. The Morgan fingerprint density at radius 2 is 1.79 bits per heavy atom. The van der Waals surface area contributed by atoms with E-state index in [-0.39, 0.29) is 0 Å². The van der Waals surface area contributed by atoms with Crippen LogP contribution in [-0.4, -0.2) is 36.2 Å². The zero-order valence-corrected chi connectivity index (χ0v) is 15.6. The SMILES string of the molecule is Cc1ccc(NC(=S)N2CCN(c3cccc(Cl)c3)CC2)c(C)c1. The van der Waals surface area contributed by atoms with Gasteiger partial charge in [0.25, 0.3) is 0 Å². The van der Waals surface area contributed by atoms with Crippen molar-refractivity contribution in [2.24, 2.45) is 0 Å². The first-order valence-electron chi connectivity index (χ1n) is 8.16. The molecule has 1 N–H and O–H groups in total. The van der Waals surface area contributed by atoms with Crippen molar-refractivity contribution in [3.8, 4) is 0 Å². The number of piperazine rings is 1. The molecule has 5 heteroatoms. The van der Waals surface area contributed by atoms with Gasteiger partial charge in [-0.3, -0.25) is 0 Å². The van der Waals surface area contributed by atoms with E-state index < -0.39 is 0 Å². The van der Waals surface area contributed by atoms with Crippen LogP contribution in [0.2, 0.25) is 5.02 Å². The fourth-order valence-electron chi connectivity index (χ4n) is 2.99. The molecule has 2 aromatic carbocycles. The molecular formula is C19H22ClN3S. The minimum absolute atomic E-state index is 0.780. The van der Waals surface area contributed by atoms with E-state index in [1.807, 2.05) is 18.2 Å². The summed E-state index contributed by atoms with van der Waals surface area (Å²) in [4.78, 5) is 4.58. The van der Waals surface area contributed by atoms with Gasteiger partial charge in [0.2, 0.25) is 0 Å². The molecule has 1 saturated heterocycles. The van der Waals surface area contributed by atoms with Crippen LogP contribution >= 0.6 is 23.8 Å². The van der Waals surface area contributed by atoms with Crippen LogP contribution < -0.4 is 10.2 Å². The molecule has 2 aromatic rings. The first-order chi connectivity index (χ1) is 11.5. The van der Waals surface area contributed by atoms with Gasteiger partial charge in [-0.25, -0.2) is 0 Å². The Balaban J connectivity index is 1.59. The second-order valence-corrected chi connectivity index (χ2v) is 7.03. The molecule has 1 heterocycles. The minimum atomic E-state index is 0.780. The largest absolute Gasteiger partial charge is 0.368 e. The van der Waals surface area contributed by atoms with Gasteiger partial charge in [0, 0.05) is 42.6 Å². The molecule has 0 amide bonds. The Kier molecular flexibility index (Phi) is 5.27. The van der Waals surface area contributed by atoms with Crippen LogP contribution in [0.1, 0.15) is 11.1 Å². The van der Waals surface area contributed by atoms with E-state index in [9.17, 15) is 0 Å². The van der Waals surface area contributed by atoms with Crippen molar-refractivity contribution in [1.29, 1.82) is 0 Å². The van der Waals surface area contributed by atoms with Gasteiger partial charge >= 0.3 is 0 Å². The van der Waals surface area contributed by atoms with E-state index in [0.717, 1.165) is 42.0 Å². The highest BCUT2D eigenvalue weighted by Crippen LogP contribution is 2.21. The molecule has 0 bridgehead atoms. The van der Waals surface area contributed by atoms with E-state index >= 15 is 0 Å². The number of benzene rings is 2. The summed E-state index contributed by atoms with van der Waals surface area (Å²) in [6.07, 6.45) is 0. The van der Waals surface area contributed by atoms with E-state index in [1.54, 1.807) is 0 Å². The molecule has 0 radical (unpaired) electrons. The van der Waals surface area contributed by atoms with Crippen LogP contribution in [0.3, 0.4) is 0 Å². The first kappa shape index (κ1) is 17.1. The second kappa shape index (κ2) is 7.41. The average molecular weight is 360 g/mol. The summed E-state index contributed by atoms with van der Waals surface area (Å²) in [6.45, 7) is 7.90. The fourth-order valence-corrected chi connectivity index (χ4v) is 3.47. The summed E-state index contributed by atoms with van der Waals surface area (Å²) in [6, 6.07) is 14.4. The standard InChI is InChI=1S/C19H22ClN3S/c1-14-6-7-18(15(2)12-14)21-19(24)23-10-8-22(9-11-23)17-5-3-4-16(20)13-17/h3-7,12-13H,8-11H2,1-2H3,(H,21,24). The molecule has 0 unspecified atom stereocenters. The Labute approximate surface area is 154 Å². The molecule has 1 aliphatic heterocycles.